The molecular formula is C11H19N3O5. The second-order valence-corrected chi connectivity index (χ2v) is 4.69. The van der Waals surface area contributed by atoms with E-state index in [-0.39, 0.29) is 25.7 Å². The van der Waals surface area contributed by atoms with Gasteiger partial charge >= 0.3 is 12.0 Å². The van der Waals surface area contributed by atoms with Crippen LogP contribution in [0.1, 0.15) is 13.8 Å². The van der Waals surface area contributed by atoms with Gasteiger partial charge in [0.15, 0.2) is 6.04 Å². The predicted molar refractivity (Wildman–Crippen MR) is 65.3 cm³/mol. The molecule has 1 saturated heterocycles. The normalized spacial score (nSPS) is 21.0. The van der Waals surface area contributed by atoms with E-state index in [4.69, 9.17) is 15.6 Å². The van der Waals surface area contributed by atoms with Crippen LogP contribution < -0.4 is 11.1 Å². The van der Waals surface area contributed by atoms with Gasteiger partial charge in [-0.05, 0) is 5.92 Å². The molecule has 1 rings (SSSR count). The molecule has 1 fully saturated rings. The number of carboxylic acids is 1. The van der Waals surface area contributed by atoms with Crippen LogP contribution in [-0.4, -0.2) is 59.8 Å². The van der Waals surface area contributed by atoms with E-state index in [9.17, 15) is 14.4 Å². The van der Waals surface area contributed by atoms with Crippen molar-refractivity contribution < 1.29 is 24.2 Å². The van der Waals surface area contributed by atoms with Gasteiger partial charge in [-0.15, -0.1) is 0 Å². The lowest BCUT2D eigenvalue weighted by Crippen LogP contribution is -2.60. The first-order chi connectivity index (χ1) is 8.84. The van der Waals surface area contributed by atoms with E-state index in [1.54, 1.807) is 13.8 Å². The molecule has 108 valence electrons. The highest BCUT2D eigenvalue weighted by Gasteiger charge is 2.37. The third-order valence-electron chi connectivity index (χ3n) is 2.93. The van der Waals surface area contributed by atoms with Crippen molar-refractivity contribution in [3.05, 3.63) is 0 Å². The average Bonchev–Trinajstić information content (AvgIpc) is 2.34. The Morgan fingerprint density at radius 2 is 2.05 bits per heavy atom. The number of nitrogens with one attached hydrogen (secondary N) is 1. The zero-order chi connectivity index (χ0) is 14.6. The number of urea groups is 1. The van der Waals surface area contributed by atoms with Gasteiger partial charge in [-0.25, -0.2) is 9.59 Å². The molecule has 0 aliphatic carbocycles. The molecule has 0 bridgehead atoms. The van der Waals surface area contributed by atoms with Gasteiger partial charge < -0.3 is 25.8 Å². The Morgan fingerprint density at radius 3 is 2.53 bits per heavy atom. The molecular weight excluding hydrogens is 254 g/mol. The van der Waals surface area contributed by atoms with Crippen molar-refractivity contribution in [3.63, 3.8) is 0 Å². The number of carbonyl (C=O) groups excluding carboxylic acids is 2. The zero-order valence-corrected chi connectivity index (χ0v) is 11.0. The molecule has 8 heteroatoms. The van der Waals surface area contributed by atoms with Gasteiger partial charge in [-0.2, -0.15) is 0 Å². The summed E-state index contributed by atoms with van der Waals surface area (Å²) in [5, 5.41) is 11.4. The Balaban J connectivity index is 2.87. The number of hydrogen-bond acceptors (Lipinski definition) is 4. The van der Waals surface area contributed by atoms with Crippen molar-refractivity contribution >= 4 is 17.9 Å². The lowest BCUT2D eigenvalue weighted by Gasteiger charge is -2.36. The number of morpholine rings is 1. The number of aliphatic carboxylic acids is 1. The third kappa shape index (κ3) is 3.82. The Kier molecular flexibility index (Phi) is 5.11. The van der Waals surface area contributed by atoms with E-state index in [0.717, 1.165) is 0 Å². The number of nitrogens with zero attached hydrogens (tertiary/aromatic N) is 1. The van der Waals surface area contributed by atoms with Crippen LogP contribution in [0, 0.1) is 5.92 Å². The van der Waals surface area contributed by atoms with Gasteiger partial charge in [-0.1, -0.05) is 13.8 Å². The molecule has 1 aliphatic heterocycles. The van der Waals surface area contributed by atoms with E-state index in [2.05, 4.69) is 5.32 Å². The number of primary amides is 1. The SMILES string of the molecule is CC(C)C(NC(N)=O)C(=O)N1CCOCC1C(=O)O. The second-order valence-electron chi connectivity index (χ2n) is 4.69. The summed E-state index contributed by atoms with van der Waals surface area (Å²) in [6.07, 6.45) is 0. The van der Waals surface area contributed by atoms with Gasteiger partial charge in [0.05, 0.1) is 13.2 Å². The molecule has 0 aromatic rings. The number of amides is 3. The Labute approximate surface area is 110 Å². The van der Waals surface area contributed by atoms with E-state index in [1.807, 2.05) is 0 Å². The van der Waals surface area contributed by atoms with Crippen molar-refractivity contribution in [1.82, 2.24) is 10.2 Å². The maximum atomic E-state index is 12.3. The summed E-state index contributed by atoms with van der Waals surface area (Å²) in [5.41, 5.74) is 5.03. The minimum atomic E-state index is -1.13. The summed E-state index contributed by atoms with van der Waals surface area (Å²) in [5.74, 6) is -1.78. The zero-order valence-electron chi connectivity index (χ0n) is 11.0. The molecule has 3 amide bonds. The summed E-state index contributed by atoms with van der Waals surface area (Å²) in [4.78, 5) is 35.6. The topological polar surface area (TPSA) is 122 Å². The van der Waals surface area contributed by atoms with Crippen molar-refractivity contribution in [1.29, 1.82) is 0 Å². The fraction of sp³-hybridized carbons (Fsp3) is 0.727. The Bertz CT molecular complexity index is 371. The summed E-state index contributed by atoms with van der Waals surface area (Å²) in [6, 6.07) is -2.68. The van der Waals surface area contributed by atoms with Crippen LogP contribution in [0.25, 0.3) is 0 Å². The monoisotopic (exact) mass is 273 g/mol. The van der Waals surface area contributed by atoms with Gasteiger partial charge in [0.2, 0.25) is 5.91 Å². The summed E-state index contributed by atoms with van der Waals surface area (Å²) in [7, 11) is 0. The predicted octanol–water partition coefficient (Wildman–Crippen LogP) is -1.01. The molecule has 2 atom stereocenters. The van der Waals surface area contributed by atoms with Crippen molar-refractivity contribution in [2.75, 3.05) is 19.8 Å². The fourth-order valence-electron chi connectivity index (χ4n) is 1.92. The molecule has 8 nitrogen and oxygen atoms in total. The molecule has 1 heterocycles. The minimum absolute atomic E-state index is 0.0531. The molecule has 0 spiro atoms. The van der Waals surface area contributed by atoms with Gasteiger partial charge in [0.25, 0.3) is 0 Å². The highest BCUT2D eigenvalue weighted by Crippen LogP contribution is 2.13. The highest BCUT2D eigenvalue weighted by atomic mass is 16.5. The largest absolute Gasteiger partial charge is 0.480 e. The third-order valence-corrected chi connectivity index (χ3v) is 2.93. The lowest BCUT2D eigenvalue weighted by atomic mass is 10.0. The number of ether oxygens (including phenoxy) is 1. The van der Waals surface area contributed by atoms with Gasteiger partial charge in [-0.3, -0.25) is 4.79 Å². The molecule has 2 unspecified atom stereocenters. The standard InChI is InChI=1S/C11H19N3O5/c1-6(2)8(13-11(12)18)9(15)14-3-4-19-5-7(14)10(16)17/h6-8H,3-5H2,1-2H3,(H,16,17)(H3,12,13,18). The second kappa shape index (κ2) is 6.37. The maximum Gasteiger partial charge on any atom is 0.328 e. The van der Waals surface area contributed by atoms with Crippen LogP contribution in [0.3, 0.4) is 0 Å². The van der Waals surface area contributed by atoms with Crippen LogP contribution in [0.15, 0.2) is 0 Å². The number of nitrogens with two attached hydrogens (primary N) is 1. The summed E-state index contributed by atoms with van der Waals surface area (Å²) >= 11 is 0. The van der Waals surface area contributed by atoms with E-state index >= 15 is 0 Å². The minimum Gasteiger partial charge on any atom is -0.480 e. The smallest absolute Gasteiger partial charge is 0.328 e. The maximum absolute atomic E-state index is 12.3. The number of hydrogen-bond donors (Lipinski definition) is 3. The highest BCUT2D eigenvalue weighted by molar-refractivity contribution is 5.90. The Hall–Kier alpha value is -1.83. The molecule has 0 saturated carbocycles. The molecule has 0 radical (unpaired) electrons. The van der Waals surface area contributed by atoms with Gasteiger partial charge in [0, 0.05) is 6.54 Å². The van der Waals surface area contributed by atoms with Crippen LogP contribution in [-0.2, 0) is 14.3 Å². The molecule has 19 heavy (non-hydrogen) atoms. The average molecular weight is 273 g/mol. The first-order valence-corrected chi connectivity index (χ1v) is 6.01. The van der Waals surface area contributed by atoms with E-state index < -0.39 is 30.0 Å². The molecule has 1 aliphatic rings. The van der Waals surface area contributed by atoms with E-state index in [0.29, 0.717) is 0 Å². The first-order valence-electron chi connectivity index (χ1n) is 6.01. The number of carbonyl (C=O) groups is 3. The van der Waals surface area contributed by atoms with Gasteiger partial charge in [0.1, 0.15) is 6.04 Å². The van der Waals surface area contributed by atoms with Crippen molar-refractivity contribution in [2.24, 2.45) is 11.7 Å². The van der Waals surface area contributed by atoms with Crippen molar-refractivity contribution in [3.8, 4) is 0 Å². The van der Waals surface area contributed by atoms with Crippen LogP contribution >= 0.6 is 0 Å². The molecule has 4 N–H and O–H groups in total. The number of carboxylic acid groups (broad SMARTS) is 1. The number of rotatable bonds is 4. The Morgan fingerprint density at radius 1 is 1.42 bits per heavy atom. The molecule has 0 aromatic heterocycles. The van der Waals surface area contributed by atoms with Crippen molar-refractivity contribution in [2.45, 2.75) is 25.9 Å². The van der Waals surface area contributed by atoms with Crippen LogP contribution in [0.5, 0.6) is 0 Å². The lowest BCUT2D eigenvalue weighted by molar-refractivity contribution is -0.159. The van der Waals surface area contributed by atoms with Crippen LogP contribution in [0.2, 0.25) is 0 Å². The first kappa shape index (κ1) is 15.2. The van der Waals surface area contributed by atoms with Crippen LogP contribution in [0.4, 0.5) is 4.79 Å². The molecule has 0 aromatic carbocycles. The van der Waals surface area contributed by atoms with E-state index in [1.165, 1.54) is 4.90 Å². The quantitative estimate of drug-likeness (QED) is 0.606. The fourth-order valence-corrected chi connectivity index (χ4v) is 1.92. The summed E-state index contributed by atoms with van der Waals surface area (Å²) < 4.78 is 5.06. The summed E-state index contributed by atoms with van der Waals surface area (Å²) in [6.45, 7) is 3.89.